The molecule has 0 aliphatic heterocycles. The molecule has 4 nitrogen and oxygen atoms in total. The number of anilines is 2. The Hall–Kier alpha value is -1.54. The zero-order valence-corrected chi connectivity index (χ0v) is 12.8. The Morgan fingerprint density at radius 2 is 1.95 bits per heavy atom. The summed E-state index contributed by atoms with van der Waals surface area (Å²) in [6.07, 6.45) is -4.80. The highest BCUT2D eigenvalue weighted by Crippen LogP contribution is 2.34. The lowest BCUT2D eigenvalue weighted by Crippen LogP contribution is -2.18. The van der Waals surface area contributed by atoms with Crippen molar-refractivity contribution in [3.8, 4) is 5.75 Å². The SMILES string of the molecule is Cc1cc(Nc2ccc(Br)cc2OC(F)(F)F)nc(Cl)n1. The fraction of sp³-hybridized carbons (Fsp3) is 0.167. The van der Waals surface area contributed by atoms with E-state index in [2.05, 4.69) is 36.0 Å². The predicted molar refractivity (Wildman–Crippen MR) is 75.9 cm³/mol. The number of rotatable bonds is 3. The van der Waals surface area contributed by atoms with Gasteiger partial charge in [-0.15, -0.1) is 13.2 Å². The maximum Gasteiger partial charge on any atom is 0.573 e. The van der Waals surface area contributed by atoms with E-state index in [1.165, 1.54) is 12.1 Å². The molecule has 1 N–H and O–H groups in total. The van der Waals surface area contributed by atoms with Crippen LogP contribution >= 0.6 is 27.5 Å². The van der Waals surface area contributed by atoms with Gasteiger partial charge in [0.1, 0.15) is 5.82 Å². The molecular weight excluding hydrogens is 375 g/mol. The molecule has 0 radical (unpaired) electrons. The lowest BCUT2D eigenvalue weighted by molar-refractivity contribution is -0.274. The van der Waals surface area contributed by atoms with E-state index in [-0.39, 0.29) is 22.5 Å². The molecule has 0 bridgehead atoms. The lowest BCUT2D eigenvalue weighted by atomic mass is 10.3. The topological polar surface area (TPSA) is 47.0 Å². The van der Waals surface area contributed by atoms with Crippen LogP contribution in [0.5, 0.6) is 5.75 Å². The van der Waals surface area contributed by atoms with Crippen molar-refractivity contribution in [2.45, 2.75) is 13.3 Å². The number of aryl methyl sites for hydroxylation is 1. The Bertz CT molecular complexity index is 646. The first kappa shape index (κ1) is 15.8. The summed E-state index contributed by atoms with van der Waals surface area (Å²) in [5, 5.41) is 2.72. The molecule has 9 heteroatoms. The van der Waals surface area contributed by atoms with E-state index < -0.39 is 6.36 Å². The number of ether oxygens (including phenoxy) is 1. The van der Waals surface area contributed by atoms with Gasteiger partial charge >= 0.3 is 6.36 Å². The molecule has 0 aliphatic carbocycles. The molecule has 112 valence electrons. The molecule has 2 aromatic rings. The van der Waals surface area contributed by atoms with Crippen molar-refractivity contribution >= 4 is 39.0 Å². The molecule has 0 spiro atoms. The fourth-order valence-electron chi connectivity index (χ4n) is 1.54. The van der Waals surface area contributed by atoms with Crippen molar-refractivity contribution in [3.63, 3.8) is 0 Å². The Balaban J connectivity index is 2.34. The van der Waals surface area contributed by atoms with Gasteiger partial charge in [-0.3, -0.25) is 0 Å². The van der Waals surface area contributed by atoms with Gasteiger partial charge < -0.3 is 10.1 Å². The maximum absolute atomic E-state index is 12.4. The normalized spacial score (nSPS) is 11.3. The third-order valence-corrected chi connectivity index (χ3v) is 2.92. The molecule has 0 atom stereocenters. The number of hydrogen-bond donors (Lipinski definition) is 1. The van der Waals surface area contributed by atoms with Crippen molar-refractivity contribution in [3.05, 3.63) is 39.7 Å². The second kappa shape index (κ2) is 6.07. The van der Waals surface area contributed by atoms with Gasteiger partial charge in [0, 0.05) is 16.2 Å². The molecule has 0 fully saturated rings. The highest BCUT2D eigenvalue weighted by Gasteiger charge is 2.32. The van der Waals surface area contributed by atoms with Gasteiger partial charge in [-0.05, 0) is 36.7 Å². The Morgan fingerprint density at radius 3 is 2.57 bits per heavy atom. The summed E-state index contributed by atoms with van der Waals surface area (Å²) in [5.41, 5.74) is 0.678. The van der Waals surface area contributed by atoms with E-state index in [0.717, 1.165) is 0 Å². The largest absolute Gasteiger partial charge is 0.573 e. The van der Waals surface area contributed by atoms with Crippen molar-refractivity contribution in [2.75, 3.05) is 5.32 Å². The number of alkyl halides is 3. The van der Waals surface area contributed by atoms with Gasteiger partial charge in [-0.2, -0.15) is 0 Å². The van der Waals surface area contributed by atoms with E-state index in [9.17, 15) is 13.2 Å². The highest BCUT2D eigenvalue weighted by atomic mass is 79.9. The van der Waals surface area contributed by atoms with Crippen LogP contribution < -0.4 is 10.1 Å². The van der Waals surface area contributed by atoms with Crippen LogP contribution in [0.15, 0.2) is 28.7 Å². The Morgan fingerprint density at radius 1 is 1.24 bits per heavy atom. The predicted octanol–water partition coefficient (Wildman–Crippen LogP) is 4.84. The second-order valence-corrected chi connectivity index (χ2v) is 5.23. The monoisotopic (exact) mass is 381 g/mol. The van der Waals surface area contributed by atoms with E-state index in [4.69, 9.17) is 11.6 Å². The van der Waals surface area contributed by atoms with Crippen LogP contribution in [0.25, 0.3) is 0 Å². The summed E-state index contributed by atoms with van der Waals surface area (Å²) in [4.78, 5) is 7.75. The van der Waals surface area contributed by atoms with E-state index >= 15 is 0 Å². The quantitative estimate of drug-likeness (QED) is 0.772. The molecule has 0 saturated carbocycles. The third-order valence-electron chi connectivity index (χ3n) is 2.26. The average molecular weight is 383 g/mol. The van der Waals surface area contributed by atoms with Gasteiger partial charge in [0.05, 0.1) is 5.69 Å². The van der Waals surface area contributed by atoms with Crippen LogP contribution in [0.2, 0.25) is 5.28 Å². The molecule has 2 rings (SSSR count). The number of hydrogen-bond acceptors (Lipinski definition) is 4. The number of halogens is 5. The summed E-state index contributed by atoms with van der Waals surface area (Å²) in [6.45, 7) is 1.69. The first-order chi connectivity index (χ1) is 9.73. The molecule has 0 aliphatic rings. The standard InChI is InChI=1S/C12H8BrClF3N3O/c1-6-4-10(20-11(14)18-6)19-8-3-2-7(13)5-9(8)21-12(15,16)17/h2-5H,1H3,(H,18,19,20). The van der Waals surface area contributed by atoms with Gasteiger partial charge in [0.2, 0.25) is 5.28 Å². The summed E-state index contributed by atoms with van der Waals surface area (Å²) < 4.78 is 41.6. The van der Waals surface area contributed by atoms with Gasteiger partial charge in [0.25, 0.3) is 0 Å². The highest BCUT2D eigenvalue weighted by molar-refractivity contribution is 9.10. The van der Waals surface area contributed by atoms with Crippen LogP contribution in [-0.2, 0) is 0 Å². The molecule has 0 saturated heterocycles. The molecule has 0 unspecified atom stereocenters. The fourth-order valence-corrected chi connectivity index (χ4v) is 2.11. The molecule has 0 amide bonds. The van der Waals surface area contributed by atoms with Crippen LogP contribution in [0.4, 0.5) is 24.7 Å². The zero-order valence-electron chi connectivity index (χ0n) is 10.5. The Kier molecular flexibility index (Phi) is 4.58. The third kappa shape index (κ3) is 4.75. The van der Waals surface area contributed by atoms with E-state index in [1.54, 1.807) is 19.1 Å². The minimum atomic E-state index is -4.80. The number of aromatic nitrogens is 2. The van der Waals surface area contributed by atoms with Gasteiger partial charge in [-0.1, -0.05) is 15.9 Å². The van der Waals surface area contributed by atoms with E-state index in [1.807, 2.05) is 0 Å². The molecule has 1 aromatic heterocycles. The Labute approximate surface area is 131 Å². The summed E-state index contributed by atoms with van der Waals surface area (Å²) in [6, 6.07) is 5.74. The first-order valence-electron chi connectivity index (χ1n) is 5.56. The number of nitrogens with one attached hydrogen (secondary N) is 1. The minimum absolute atomic E-state index is 0.00657. The molecule has 1 aromatic carbocycles. The van der Waals surface area contributed by atoms with E-state index in [0.29, 0.717) is 10.2 Å². The summed E-state index contributed by atoms with van der Waals surface area (Å²) in [5.74, 6) is -0.119. The zero-order chi connectivity index (χ0) is 15.6. The summed E-state index contributed by atoms with van der Waals surface area (Å²) in [7, 11) is 0. The average Bonchev–Trinajstić information content (AvgIpc) is 2.29. The maximum atomic E-state index is 12.4. The van der Waals surface area contributed by atoms with Gasteiger partial charge in [0.15, 0.2) is 5.75 Å². The van der Waals surface area contributed by atoms with Gasteiger partial charge in [-0.25, -0.2) is 9.97 Å². The first-order valence-corrected chi connectivity index (χ1v) is 6.73. The van der Waals surface area contributed by atoms with Crippen molar-refractivity contribution in [1.82, 2.24) is 9.97 Å². The van der Waals surface area contributed by atoms with Crippen LogP contribution in [0.1, 0.15) is 5.69 Å². The lowest BCUT2D eigenvalue weighted by Gasteiger charge is -2.15. The van der Waals surface area contributed by atoms with Crippen molar-refractivity contribution < 1.29 is 17.9 Å². The summed E-state index contributed by atoms with van der Waals surface area (Å²) >= 11 is 8.80. The second-order valence-electron chi connectivity index (χ2n) is 3.98. The number of nitrogens with zero attached hydrogens (tertiary/aromatic N) is 2. The minimum Gasteiger partial charge on any atom is -0.404 e. The molecule has 21 heavy (non-hydrogen) atoms. The van der Waals surface area contributed by atoms with Crippen LogP contribution in [-0.4, -0.2) is 16.3 Å². The smallest absolute Gasteiger partial charge is 0.404 e. The van der Waals surface area contributed by atoms with Crippen LogP contribution in [0.3, 0.4) is 0 Å². The van der Waals surface area contributed by atoms with Crippen LogP contribution in [0, 0.1) is 6.92 Å². The molecule has 1 heterocycles. The van der Waals surface area contributed by atoms with Crippen molar-refractivity contribution in [1.29, 1.82) is 0 Å². The molecular formula is C12H8BrClF3N3O. The number of benzene rings is 1. The van der Waals surface area contributed by atoms with Crippen molar-refractivity contribution in [2.24, 2.45) is 0 Å².